The third-order valence-electron chi connectivity index (χ3n) is 5.69. The molecule has 0 spiro atoms. The van der Waals surface area contributed by atoms with Gasteiger partial charge in [0.05, 0.1) is 30.7 Å². The van der Waals surface area contributed by atoms with Crippen LogP contribution < -0.4 is 10.6 Å². The first-order valence-corrected chi connectivity index (χ1v) is 11.1. The lowest BCUT2D eigenvalue weighted by Crippen LogP contribution is -2.31. The molecule has 2 fully saturated rings. The zero-order chi connectivity index (χ0) is 24.6. The average molecular weight is 506 g/mol. The Bertz CT molecular complexity index is 1250. The topological polar surface area (TPSA) is 98.3 Å². The Morgan fingerprint density at radius 1 is 1.03 bits per heavy atom. The Hall–Kier alpha value is -3.28. The first kappa shape index (κ1) is 23.5. The number of hydrogen-bond donors (Lipinski definition) is 2. The minimum Gasteiger partial charge on any atom is -0.343 e. The molecule has 2 aliphatic rings. The third kappa shape index (κ3) is 4.93. The lowest BCUT2D eigenvalue weighted by molar-refractivity contribution is -0.181. The fourth-order valence-corrected chi connectivity index (χ4v) is 4.08. The van der Waals surface area contributed by atoms with Crippen molar-refractivity contribution < 1.29 is 27.4 Å². The number of hydrogen-bond acceptors (Lipinski definition) is 7. The number of alkyl halides is 3. The van der Waals surface area contributed by atoms with E-state index in [0.717, 1.165) is 25.1 Å². The van der Waals surface area contributed by atoms with Crippen molar-refractivity contribution in [1.82, 2.24) is 15.0 Å². The van der Waals surface area contributed by atoms with E-state index in [-0.39, 0.29) is 28.3 Å². The zero-order valence-corrected chi connectivity index (χ0v) is 18.9. The smallest absolute Gasteiger partial charge is 0.343 e. The van der Waals surface area contributed by atoms with Crippen LogP contribution in [0.1, 0.15) is 34.3 Å². The Balaban J connectivity index is 1.36. The molecular formula is C23H19ClF3N5O3. The maximum Gasteiger partial charge on any atom is 0.417 e. The number of nitrogens with zero attached hydrogens (tertiary/aromatic N) is 3. The summed E-state index contributed by atoms with van der Waals surface area (Å²) in [6, 6.07) is 6.68. The number of anilines is 3. The highest BCUT2D eigenvalue weighted by Crippen LogP contribution is 2.52. The van der Waals surface area contributed by atoms with Crippen LogP contribution in [-0.4, -0.2) is 34.1 Å². The summed E-state index contributed by atoms with van der Waals surface area (Å²) in [5, 5.41) is 5.88. The van der Waals surface area contributed by atoms with Crippen LogP contribution in [0.4, 0.5) is 30.5 Å². The van der Waals surface area contributed by atoms with E-state index in [1.54, 1.807) is 6.07 Å². The lowest BCUT2D eigenvalue weighted by atomic mass is 10.00. The van der Waals surface area contributed by atoms with Crippen molar-refractivity contribution >= 4 is 34.8 Å². The number of pyridine rings is 3. The number of carbonyl (C=O) groups excluding carboxylic acids is 1. The molecular weight excluding hydrogens is 487 g/mol. The summed E-state index contributed by atoms with van der Waals surface area (Å²) in [7, 11) is 0. The molecule has 0 aromatic carbocycles. The van der Waals surface area contributed by atoms with Crippen LogP contribution in [0, 0.1) is 5.92 Å². The van der Waals surface area contributed by atoms with Crippen molar-refractivity contribution in [3.63, 3.8) is 0 Å². The van der Waals surface area contributed by atoms with Crippen molar-refractivity contribution in [2.24, 2.45) is 5.92 Å². The van der Waals surface area contributed by atoms with Crippen molar-refractivity contribution in [3.05, 3.63) is 70.8 Å². The van der Waals surface area contributed by atoms with E-state index in [1.165, 1.54) is 30.6 Å². The molecule has 0 bridgehead atoms. The standard InChI is InChI=1S/C23H19ClF3N5O3/c24-18-10-16(22(14-1-2-14)34-7-8-35-22)17(12-29-18)31-21(33)13-5-6-28-20(9-13)32-19-4-3-15(11-30-19)23(25,26)27/h3-6,9-12,14H,1-2,7-8H2,(H,31,33)(H,28,30,32). The monoisotopic (exact) mass is 505 g/mol. The van der Waals surface area contributed by atoms with Gasteiger partial charge < -0.3 is 20.1 Å². The average Bonchev–Trinajstić information content (AvgIpc) is 3.58. The van der Waals surface area contributed by atoms with Gasteiger partial charge in [0.25, 0.3) is 5.91 Å². The normalized spacial score (nSPS) is 17.3. The molecule has 0 radical (unpaired) electrons. The molecule has 0 atom stereocenters. The molecule has 3 aromatic heterocycles. The number of rotatable bonds is 6. The lowest BCUT2D eigenvalue weighted by Gasteiger charge is -2.30. The quantitative estimate of drug-likeness (QED) is 0.447. The Kier molecular flexibility index (Phi) is 6.07. The Morgan fingerprint density at radius 3 is 2.46 bits per heavy atom. The minimum absolute atomic E-state index is 0.147. The first-order valence-electron chi connectivity index (χ1n) is 10.8. The van der Waals surface area contributed by atoms with Gasteiger partial charge in [0, 0.05) is 29.4 Å². The van der Waals surface area contributed by atoms with Crippen LogP contribution in [0.15, 0.2) is 48.9 Å². The number of ether oxygens (including phenoxy) is 2. The van der Waals surface area contributed by atoms with E-state index in [1.807, 2.05) is 0 Å². The van der Waals surface area contributed by atoms with Gasteiger partial charge in [-0.1, -0.05) is 11.6 Å². The molecule has 3 aromatic rings. The fourth-order valence-electron chi connectivity index (χ4n) is 3.92. The van der Waals surface area contributed by atoms with Crippen molar-refractivity contribution in [2.75, 3.05) is 23.8 Å². The minimum atomic E-state index is -4.48. The highest BCUT2D eigenvalue weighted by atomic mass is 35.5. The van der Waals surface area contributed by atoms with Gasteiger partial charge in [-0.3, -0.25) is 4.79 Å². The maximum atomic E-state index is 13.1. The van der Waals surface area contributed by atoms with Gasteiger partial charge >= 0.3 is 6.18 Å². The largest absolute Gasteiger partial charge is 0.417 e. The summed E-state index contributed by atoms with van der Waals surface area (Å²) >= 11 is 6.15. The van der Waals surface area contributed by atoms with Crippen LogP contribution in [0.25, 0.3) is 0 Å². The van der Waals surface area contributed by atoms with Crippen LogP contribution >= 0.6 is 11.6 Å². The molecule has 2 N–H and O–H groups in total. The second kappa shape index (κ2) is 9.06. The third-order valence-corrected chi connectivity index (χ3v) is 5.90. The number of carbonyl (C=O) groups is 1. The van der Waals surface area contributed by atoms with Crippen LogP contribution in [0.5, 0.6) is 0 Å². The predicted molar refractivity (Wildman–Crippen MR) is 120 cm³/mol. The van der Waals surface area contributed by atoms with Gasteiger partial charge in [0.1, 0.15) is 16.8 Å². The molecule has 1 aliphatic carbocycles. The fraction of sp³-hybridized carbons (Fsp3) is 0.304. The molecule has 8 nitrogen and oxygen atoms in total. The van der Waals surface area contributed by atoms with Gasteiger partial charge in [0.15, 0.2) is 5.79 Å². The Labute approximate surface area is 202 Å². The summed E-state index contributed by atoms with van der Waals surface area (Å²) < 4.78 is 50.2. The van der Waals surface area contributed by atoms with E-state index in [9.17, 15) is 18.0 Å². The van der Waals surface area contributed by atoms with Crippen LogP contribution in [0.2, 0.25) is 5.15 Å². The second-order valence-corrected chi connectivity index (χ2v) is 8.52. The summed E-state index contributed by atoms with van der Waals surface area (Å²) in [6.07, 6.45) is 0.963. The van der Waals surface area contributed by atoms with E-state index in [4.69, 9.17) is 21.1 Å². The molecule has 1 amide bonds. The molecule has 5 rings (SSSR count). The van der Waals surface area contributed by atoms with Gasteiger partial charge in [-0.25, -0.2) is 15.0 Å². The summed E-state index contributed by atoms with van der Waals surface area (Å²) in [6.45, 7) is 0.863. The zero-order valence-electron chi connectivity index (χ0n) is 18.1. The molecule has 12 heteroatoms. The SMILES string of the molecule is O=C(Nc1cnc(Cl)cc1C1(C2CC2)OCCO1)c1ccnc(Nc2ccc(C(F)(F)F)cn2)c1. The molecule has 4 heterocycles. The van der Waals surface area contributed by atoms with Gasteiger partial charge in [-0.15, -0.1) is 0 Å². The number of aromatic nitrogens is 3. The van der Waals surface area contributed by atoms with Crippen molar-refractivity contribution in [1.29, 1.82) is 0 Å². The highest BCUT2D eigenvalue weighted by molar-refractivity contribution is 6.29. The van der Waals surface area contributed by atoms with E-state index < -0.39 is 23.4 Å². The van der Waals surface area contributed by atoms with Gasteiger partial charge in [-0.2, -0.15) is 13.2 Å². The Morgan fingerprint density at radius 2 is 1.80 bits per heavy atom. The summed E-state index contributed by atoms with van der Waals surface area (Å²) in [4.78, 5) is 25.0. The first-order chi connectivity index (χ1) is 16.7. The van der Waals surface area contributed by atoms with E-state index in [2.05, 4.69) is 25.6 Å². The van der Waals surface area contributed by atoms with Gasteiger partial charge in [-0.05, 0) is 43.2 Å². The molecule has 35 heavy (non-hydrogen) atoms. The molecule has 1 saturated heterocycles. The predicted octanol–water partition coefficient (Wildman–Crippen LogP) is 5.15. The number of halogens is 4. The highest BCUT2D eigenvalue weighted by Gasteiger charge is 2.52. The van der Waals surface area contributed by atoms with Crippen LogP contribution in [-0.2, 0) is 21.4 Å². The maximum absolute atomic E-state index is 13.1. The van der Waals surface area contributed by atoms with E-state index in [0.29, 0.717) is 24.5 Å². The van der Waals surface area contributed by atoms with Crippen molar-refractivity contribution in [2.45, 2.75) is 24.8 Å². The van der Waals surface area contributed by atoms with Crippen molar-refractivity contribution in [3.8, 4) is 0 Å². The summed E-state index contributed by atoms with van der Waals surface area (Å²) in [5.41, 5.74) is 0.399. The molecule has 0 unspecified atom stereocenters. The molecule has 182 valence electrons. The second-order valence-electron chi connectivity index (χ2n) is 8.13. The van der Waals surface area contributed by atoms with E-state index >= 15 is 0 Å². The van der Waals surface area contributed by atoms with Crippen LogP contribution in [0.3, 0.4) is 0 Å². The number of nitrogens with one attached hydrogen (secondary N) is 2. The molecule has 1 aliphatic heterocycles. The van der Waals surface area contributed by atoms with Gasteiger partial charge in [0.2, 0.25) is 0 Å². The molecule has 1 saturated carbocycles. The summed E-state index contributed by atoms with van der Waals surface area (Å²) in [5.74, 6) is -0.892. The number of amides is 1.